The summed E-state index contributed by atoms with van der Waals surface area (Å²) in [4.78, 5) is 25.4. The minimum Gasteiger partial charge on any atom is -0.378 e. The van der Waals surface area contributed by atoms with E-state index in [0.29, 0.717) is 26.3 Å². The number of hydrogen-bond donors (Lipinski definition) is 1. The molecule has 0 spiro atoms. The van der Waals surface area contributed by atoms with Crippen molar-refractivity contribution in [2.24, 2.45) is 0 Å². The topological polar surface area (TPSA) is 70.6 Å². The van der Waals surface area contributed by atoms with Gasteiger partial charge < -0.3 is 19.9 Å². The number of amides is 2. The number of fused-ring (bicyclic) bond motifs is 1. The molecule has 2 saturated heterocycles. The summed E-state index contributed by atoms with van der Waals surface area (Å²) in [5, 5.41) is 4.18. The molecule has 2 aliphatic rings. The van der Waals surface area contributed by atoms with Gasteiger partial charge in [-0.25, -0.2) is 14.8 Å². The number of pyridine rings is 2. The van der Waals surface area contributed by atoms with Gasteiger partial charge in [0.15, 0.2) is 5.65 Å². The average molecular weight is 341 g/mol. The lowest BCUT2D eigenvalue weighted by Gasteiger charge is -2.41. The molecule has 0 bridgehead atoms. The van der Waals surface area contributed by atoms with Crippen LogP contribution in [0.2, 0.25) is 0 Å². The number of rotatable bonds is 2. The summed E-state index contributed by atoms with van der Waals surface area (Å²) in [6, 6.07) is 6.36. The standard InChI is InChI=1S/C18H23N5O2/c1-12-9-13(2)19-17-15(12)3-4-16(21-17)23-10-14(11-23)20-18(24)22-5-7-25-8-6-22/h3-4,9,14H,5-8,10-11H2,1-2H3,(H,20,24). The fraction of sp³-hybridized carbons (Fsp3) is 0.500. The Hall–Kier alpha value is -2.41. The van der Waals surface area contributed by atoms with E-state index in [1.54, 1.807) is 0 Å². The quantitative estimate of drug-likeness (QED) is 0.896. The number of carbonyl (C=O) groups is 1. The van der Waals surface area contributed by atoms with Gasteiger partial charge in [-0.3, -0.25) is 0 Å². The molecule has 2 amide bonds. The molecule has 7 nitrogen and oxygen atoms in total. The minimum atomic E-state index is 0.00679. The van der Waals surface area contributed by atoms with Crippen LogP contribution in [0.25, 0.3) is 11.0 Å². The van der Waals surface area contributed by atoms with Gasteiger partial charge in [-0.15, -0.1) is 0 Å². The number of anilines is 1. The van der Waals surface area contributed by atoms with E-state index in [1.165, 1.54) is 5.56 Å². The van der Waals surface area contributed by atoms with Crippen LogP contribution in [0.15, 0.2) is 18.2 Å². The van der Waals surface area contributed by atoms with Crippen LogP contribution in [-0.4, -0.2) is 66.3 Å². The summed E-state index contributed by atoms with van der Waals surface area (Å²) in [5.41, 5.74) is 2.96. The zero-order valence-electron chi connectivity index (χ0n) is 14.7. The Balaban J connectivity index is 1.38. The van der Waals surface area contributed by atoms with Gasteiger partial charge in [-0.2, -0.15) is 0 Å². The number of morpholine rings is 1. The maximum Gasteiger partial charge on any atom is 0.317 e. The van der Waals surface area contributed by atoms with Crippen LogP contribution >= 0.6 is 0 Å². The average Bonchev–Trinajstić information content (AvgIpc) is 2.57. The number of aromatic nitrogens is 2. The van der Waals surface area contributed by atoms with E-state index in [1.807, 2.05) is 17.9 Å². The Labute approximate surface area is 147 Å². The fourth-order valence-electron chi connectivity index (χ4n) is 3.39. The third-order valence-corrected chi connectivity index (χ3v) is 4.82. The highest BCUT2D eigenvalue weighted by Crippen LogP contribution is 2.23. The normalized spacial score (nSPS) is 18.3. The van der Waals surface area contributed by atoms with Crippen LogP contribution in [-0.2, 0) is 4.74 Å². The smallest absolute Gasteiger partial charge is 0.317 e. The molecule has 4 rings (SSSR count). The summed E-state index contributed by atoms with van der Waals surface area (Å²) < 4.78 is 5.28. The number of nitrogens with zero attached hydrogens (tertiary/aromatic N) is 4. The summed E-state index contributed by atoms with van der Waals surface area (Å²) in [7, 11) is 0. The minimum absolute atomic E-state index is 0.00679. The van der Waals surface area contributed by atoms with Crippen molar-refractivity contribution < 1.29 is 9.53 Å². The van der Waals surface area contributed by atoms with Gasteiger partial charge in [0.2, 0.25) is 0 Å². The Morgan fingerprint density at radius 3 is 2.72 bits per heavy atom. The van der Waals surface area contributed by atoms with Crippen LogP contribution in [0.5, 0.6) is 0 Å². The summed E-state index contributed by atoms with van der Waals surface area (Å²) in [5.74, 6) is 0.918. The maximum absolute atomic E-state index is 12.2. The fourth-order valence-corrected chi connectivity index (χ4v) is 3.39. The van der Waals surface area contributed by atoms with Crippen LogP contribution in [0, 0.1) is 13.8 Å². The Bertz CT molecular complexity index is 797. The van der Waals surface area contributed by atoms with Gasteiger partial charge in [0.05, 0.1) is 19.3 Å². The first-order valence-electron chi connectivity index (χ1n) is 8.73. The van der Waals surface area contributed by atoms with Crippen LogP contribution < -0.4 is 10.2 Å². The lowest BCUT2D eigenvalue weighted by atomic mass is 10.1. The molecule has 4 heterocycles. The molecular formula is C18H23N5O2. The third kappa shape index (κ3) is 3.24. The van der Waals surface area contributed by atoms with Crippen LogP contribution in [0.4, 0.5) is 10.6 Å². The number of hydrogen-bond acceptors (Lipinski definition) is 5. The van der Waals surface area contributed by atoms with Crippen molar-refractivity contribution in [2.75, 3.05) is 44.3 Å². The van der Waals surface area contributed by atoms with Crippen molar-refractivity contribution in [3.05, 3.63) is 29.5 Å². The predicted molar refractivity (Wildman–Crippen MR) is 95.9 cm³/mol. The number of ether oxygens (including phenoxy) is 1. The second-order valence-electron chi connectivity index (χ2n) is 6.77. The molecule has 2 aliphatic heterocycles. The van der Waals surface area contributed by atoms with E-state index in [9.17, 15) is 4.79 Å². The third-order valence-electron chi connectivity index (χ3n) is 4.82. The predicted octanol–water partition coefficient (Wildman–Crippen LogP) is 1.48. The van der Waals surface area contributed by atoms with Gasteiger partial charge in [0.1, 0.15) is 5.82 Å². The zero-order chi connectivity index (χ0) is 17.4. The monoisotopic (exact) mass is 341 g/mol. The first-order chi connectivity index (χ1) is 12.1. The van der Waals surface area contributed by atoms with Crippen molar-refractivity contribution in [2.45, 2.75) is 19.9 Å². The number of nitrogens with one attached hydrogen (secondary N) is 1. The molecule has 2 aromatic heterocycles. The van der Waals surface area contributed by atoms with Gasteiger partial charge in [0.25, 0.3) is 0 Å². The summed E-state index contributed by atoms with van der Waals surface area (Å²) in [6.07, 6.45) is 0. The van der Waals surface area contributed by atoms with E-state index in [0.717, 1.165) is 35.6 Å². The van der Waals surface area contributed by atoms with Crippen molar-refractivity contribution in [3.8, 4) is 0 Å². The molecule has 25 heavy (non-hydrogen) atoms. The lowest BCUT2D eigenvalue weighted by molar-refractivity contribution is 0.0522. The second-order valence-corrected chi connectivity index (χ2v) is 6.77. The van der Waals surface area contributed by atoms with Crippen LogP contribution in [0.3, 0.4) is 0 Å². The molecule has 2 fully saturated rings. The summed E-state index contributed by atoms with van der Waals surface area (Å²) in [6.45, 7) is 8.20. The van der Waals surface area contributed by atoms with Crippen molar-refractivity contribution in [3.63, 3.8) is 0 Å². The second kappa shape index (κ2) is 6.48. The van der Waals surface area contributed by atoms with Gasteiger partial charge in [0, 0.05) is 37.3 Å². The van der Waals surface area contributed by atoms with Gasteiger partial charge in [-0.05, 0) is 37.6 Å². The van der Waals surface area contributed by atoms with Crippen molar-refractivity contribution in [1.82, 2.24) is 20.2 Å². The molecule has 0 radical (unpaired) electrons. The summed E-state index contributed by atoms with van der Waals surface area (Å²) >= 11 is 0. The SMILES string of the molecule is Cc1cc(C)c2ccc(N3CC(NC(=O)N4CCOCC4)C3)nc2n1. The van der Waals surface area contributed by atoms with Crippen LogP contribution in [0.1, 0.15) is 11.3 Å². The molecule has 0 unspecified atom stereocenters. The highest BCUT2D eigenvalue weighted by molar-refractivity contribution is 5.80. The maximum atomic E-state index is 12.2. The van der Waals surface area contributed by atoms with Crippen molar-refractivity contribution >= 4 is 22.9 Å². The first kappa shape index (κ1) is 16.1. The largest absolute Gasteiger partial charge is 0.378 e. The molecular weight excluding hydrogens is 318 g/mol. The van der Waals surface area contributed by atoms with E-state index in [-0.39, 0.29) is 12.1 Å². The Kier molecular flexibility index (Phi) is 4.17. The molecule has 2 aromatic rings. The zero-order valence-corrected chi connectivity index (χ0v) is 14.7. The molecule has 0 aliphatic carbocycles. The Morgan fingerprint density at radius 1 is 1.20 bits per heavy atom. The van der Waals surface area contributed by atoms with Gasteiger partial charge in [-0.1, -0.05) is 0 Å². The van der Waals surface area contributed by atoms with E-state index >= 15 is 0 Å². The molecule has 0 aromatic carbocycles. The molecule has 0 atom stereocenters. The highest BCUT2D eigenvalue weighted by atomic mass is 16.5. The van der Waals surface area contributed by atoms with E-state index in [2.05, 4.69) is 34.3 Å². The number of urea groups is 1. The number of carbonyl (C=O) groups excluding carboxylic acids is 1. The number of aryl methyl sites for hydroxylation is 2. The molecule has 0 saturated carbocycles. The highest BCUT2D eigenvalue weighted by Gasteiger charge is 2.30. The van der Waals surface area contributed by atoms with Crippen molar-refractivity contribution in [1.29, 1.82) is 0 Å². The van der Waals surface area contributed by atoms with Gasteiger partial charge >= 0.3 is 6.03 Å². The lowest BCUT2D eigenvalue weighted by Crippen LogP contribution is -2.62. The van der Waals surface area contributed by atoms with E-state index in [4.69, 9.17) is 9.72 Å². The molecule has 7 heteroatoms. The van der Waals surface area contributed by atoms with E-state index < -0.39 is 0 Å². The first-order valence-corrected chi connectivity index (χ1v) is 8.73. The Morgan fingerprint density at radius 2 is 1.96 bits per heavy atom. The molecule has 1 N–H and O–H groups in total. The molecule has 132 valence electrons.